The Morgan fingerprint density at radius 1 is 0.923 bits per heavy atom. The largest absolute Gasteiger partial charge is 0.497 e. The Morgan fingerprint density at radius 2 is 1.62 bits per heavy atom. The van der Waals surface area contributed by atoms with Crippen molar-refractivity contribution in [3.05, 3.63) is 95.6 Å². The van der Waals surface area contributed by atoms with Crippen molar-refractivity contribution in [2.75, 3.05) is 12.4 Å². The smallest absolute Gasteiger partial charge is 0.256 e. The monoisotopic (exact) mass is 344 g/mol. The number of anilines is 1. The van der Waals surface area contributed by atoms with Crippen LogP contribution in [0.2, 0.25) is 0 Å². The maximum absolute atomic E-state index is 13.0. The number of hydrogen-bond acceptors (Lipinski definition) is 3. The highest BCUT2D eigenvalue weighted by Crippen LogP contribution is 2.35. The molecule has 0 spiro atoms. The van der Waals surface area contributed by atoms with Gasteiger partial charge in [0.05, 0.1) is 7.11 Å². The third-order valence-corrected chi connectivity index (χ3v) is 4.65. The Hall–Kier alpha value is -3.27. The summed E-state index contributed by atoms with van der Waals surface area (Å²) in [5.74, 6) is 0.857. The van der Waals surface area contributed by atoms with E-state index in [-0.39, 0.29) is 12.1 Å². The standard InChI is InChI=1S/C22H20N2O2/c1-26-18-13-11-17(12-14-18)23-21-19-9-5-6-10-20(19)22(25)24(21)15-16-7-3-2-4-8-16/h2-14,21,23H,15H2,1H3/t21-/m1/s1. The molecule has 4 rings (SSSR count). The van der Waals surface area contributed by atoms with Gasteiger partial charge in [0, 0.05) is 23.4 Å². The summed E-state index contributed by atoms with van der Waals surface area (Å²) in [6.45, 7) is 0.558. The molecule has 3 aromatic rings. The van der Waals surface area contributed by atoms with Crippen molar-refractivity contribution < 1.29 is 9.53 Å². The number of fused-ring (bicyclic) bond motifs is 1. The highest BCUT2D eigenvalue weighted by Gasteiger charge is 2.36. The molecular weight excluding hydrogens is 324 g/mol. The second-order valence-electron chi connectivity index (χ2n) is 6.28. The van der Waals surface area contributed by atoms with E-state index >= 15 is 0 Å². The molecule has 0 saturated carbocycles. The maximum atomic E-state index is 13.0. The van der Waals surface area contributed by atoms with Crippen molar-refractivity contribution in [3.63, 3.8) is 0 Å². The van der Waals surface area contributed by atoms with Crippen LogP contribution >= 0.6 is 0 Å². The fraction of sp³-hybridized carbons (Fsp3) is 0.136. The van der Waals surface area contributed by atoms with E-state index in [0.717, 1.165) is 28.1 Å². The summed E-state index contributed by atoms with van der Waals surface area (Å²) in [5, 5.41) is 3.50. The molecule has 4 heteroatoms. The van der Waals surface area contributed by atoms with E-state index in [2.05, 4.69) is 5.32 Å². The fourth-order valence-corrected chi connectivity index (χ4v) is 3.31. The Bertz CT molecular complexity index is 907. The van der Waals surface area contributed by atoms with Crippen molar-refractivity contribution >= 4 is 11.6 Å². The molecule has 0 aliphatic carbocycles. The zero-order valence-corrected chi connectivity index (χ0v) is 14.6. The third-order valence-electron chi connectivity index (χ3n) is 4.65. The average molecular weight is 344 g/mol. The van der Waals surface area contributed by atoms with Crippen molar-refractivity contribution in [2.45, 2.75) is 12.7 Å². The van der Waals surface area contributed by atoms with Gasteiger partial charge < -0.3 is 15.0 Å². The Labute approximate surface area is 153 Å². The van der Waals surface area contributed by atoms with Crippen LogP contribution in [0, 0.1) is 0 Å². The van der Waals surface area contributed by atoms with Crippen molar-refractivity contribution in [3.8, 4) is 5.75 Å². The molecule has 1 aliphatic rings. The van der Waals surface area contributed by atoms with Crippen LogP contribution in [0.4, 0.5) is 5.69 Å². The average Bonchev–Trinajstić information content (AvgIpc) is 2.95. The highest BCUT2D eigenvalue weighted by atomic mass is 16.5. The van der Waals surface area contributed by atoms with Gasteiger partial charge >= 0.3 is 0 Å². The number of carbonyl (C=O) groups excluding carboxylic acids is 1. The first-order valence-corrected chi connectivity index (χ1v) is 8.60. The molecule has 0 aromatic heterocycles. The summed E-state index contributed by atoms with van der Waals surface area (Å²) >= 11 is 0. The van der Waals surface area contributed by atoms with Gasteiger partial charge in [-0.1, -0.05) is 48.5 Å². The lowest BCUT2D eigenvalue weighted by Crippen LogP contribution is -2.31. The van der Waals surface area contributed by atoms with Crippen LogP contribution in [0.1, 0.15) is 27.7 Å². The van der Waals surface area contributed by atoms with Gasteiger partial charge in [-0.15, -0.1) is 0 Å². The molecule has 1 aliphatic heterocycles. The van der Waals surface area contributed by atoms with Crippen LogP contribution in [0.15, 0.2) is 78.9 Å². The van der Waals surface area contributed by atoms with Gasteiger partial charge in [0.25, 0.3) is 5.91 Å². The molecule has 0 unspecified atom stereocenters. The number of hydrogen-bond donors (Lipinski definition) is 1. The van der Waals surface area contributed by atoms with Crippen LogP contribution in [-0.4, -0.2) is 17.9 Å². The van der Waals surface area contributed by atoms with Crippen LogP contribution in [-0.2, 0) is 6.54 Å². The molecule has 0 bridgehead atoms. The molecule has 26 heavy (non-hydrogen) atoms. The van der Waals surface area contributed by atoms with E-state index < -0.39 is 0 Å². The normalized spacial score (nSPS) is 15.7. The molecule has 0 fully saturated rings. The molecule has 3 aromatic carbocycles. The van der Waals surface area contributed by atoms with Gasteiger partial charge in [-0.3, -0.25) is 4.79 Å². The van der Waals surface area contributed by atoms with Gasteiger partial charge in [0.1, 0.15) is 11.9 Å². The van der Waals surface area contributed by atoms with Crippen LogP contribution in [0.3, 0.4) is 0 Å². The van der Waals surface area contributed by atoms with Crippen LogP contribution in [0.25, 0.3) is 0 Å². The van der Waals surface area contributed by atoms with E-state index in [9.17, 15) is 4.79 Å². The Balaban J connectivity index is 1.66. The number of carbonyl (C=O) groups is 1. The summed E-state index contributed by atoms with van der Waals surface area (Å²) in [4.78, 5) is 14.8. The van der Waals surface area contributed by atoms with Crippen LogP contribution < -0.4 is 10.1 Å². The number of rotatable bonds is 5. The number of methoxy groups -OCH3 is 1. The predicted octanol–water partition coefficient (Wildman–Crippen LogP) is 4.46. The SMILES string of the molecule is COc1ccc(N[C@H]2c3ccccc3C(=O)N2Cc2ccccc2)cc1. The summed E-state index contributed by atoms with van der Waals surface area (Å²) in [6.07, 6.45) is -0.202. The summed E-state index contributed by atoms with van der Waals surface area (Å²) in [6, 6.07) is 25.6. The number of nitrogens with one attached hydrogen (secondary N) is 1. The van der Waals surface area contributed by atoms with E-state index in [4.69, 9.17) is 4.74 Å². The first-order chi connectivity index (χ1) is 12.8. The minimum absolute atomic E-state index is 0.0514. The van der Waals surface area contributed by atoms with Crippen LogP contribution in [0.5, 0.6) is 5.75 Å². The van der Waals surface area contributed by atoms with Gasteiger partial charge in [0.2, 0.25) is 0 Å². The summed E-state index contributed by atoms with van der Waals surface area (Å²) in [5.41, 5.74) is 3.81. The molecule has 0 radical (unpaired) electrons. The van der Waals surface area contributed by atoms with Crippen molar-refractivity contribution in [2.24, 2.45) is 0 Å². The van der Waals surface area contributed by atoms with Gasteiger partial charge in [-0.05, 0) is 35.9 Å². The van der Waals surface area contributed by atoms with Crippen molar-refractivity contribution in [1.82, 2.24) is 4.90 Å². The lowest BCUT2D eigenvalue weighted by atomic mass is 10.1. The van der Waals surface area contributed by atoms with Gasteiger partial charge in [0.15, 0.2) is 0 Å². The number of ether oxygens (including phenoxy) is 1. The molecule has 4 nitrogen and oxygen atoms in total. The first-order valence-electron chi connectivity index (χ1n) is 8.60. The summed E-state index contributed by atoms with van der Waals surface area (Å²) in [7, 11) is 1.65. The molecule has 1 amide bonds. The zero-order valence-electron chi connectivity index (χ0n) is 14.6. The Morgan fingerprint density at radius 3 is 2.35 bits per heavy atom. The minimum Gasteiger partial charge on any atom is -0.497 e. The predicted molar refractivity (Wildman–Crippen MR) is 102 cm³/mol. The molecule has 1 N–H and O–H groups in total. The number of amides is 1. The molecular formula is C22H20N2O2. The molecule has 130 valence electrons. The second-order valence-corrected chi connectivity index (χ2v) is 6.28. The van der Waals surface area contributed by atoms with Crippen molar-refractivity contribution in [1.29, 1.82) is 0 Å². The second kappa shape index (κ2) is 6.92. The van der Waals surface area contributed by atoms with Gasteiger partial charge in [-0.25, -0.2) is 0 Å². The van der Waals surface area contributed by atoms with E-state index in [1.807, 2.05) is 83.8 Å². The highest BCUT2D eigenvalue weighted by molar-refractivity contribution is 5.99. The van der Waals surface area contributed by atoms with E-state index in [1.54, 1.807) is 7.11 Å². The molecule has 1 atom stereocenters. The maximum Gasteiger partial charge on any atom is 0.256 e. The first kappa shape index (κ1) is 16.2. The minimum atomic E-state index is -0.202. The molecule has 1 heterocycles. The zero-order chi connectivity index (χ0) is 17.9. The Kier molecular flexibility index (Phi) is 4.32. The number of nitrogens with zero attached hydrogens (tertiary/aromatic N) is 1. The fourth-order valence-electron chi connectivity index (χ4n) is 3.31. The molecule has 0 saturated heterocycles. The lowest BCUT2D eigenvalue weighted by molar-refractivity contribution is 0.0729. The third kappa shape index (κ3) is 3.02. The van der Waals surface area contributed by atoms with E-state index in [1.165, 1.54) is 0 Å². The lowest BCUT2D eigenvalue weighted by Gasteiger charge is -2.27. The summed E-state index contributed by atoms with van der Waals surface area (Å²) < 4.78 is 5.22. The van der Waals surface area contributed by atoms with E-state index in [0.29, 0.717) is 6.54 Å². The number of benzene rings is 3. The quantitative estimate of drug-likeness (QED) is 0.743. The topological polar surface area (TPSA) is 41.6 Å². The van der Waals surface area contributed by atoms with Gasteiger partial charge in [-0.2, -0.15) is 0 Å².